The predicted octanol–water partition coefficient (Wildman–Crippen LogP) is 6.05. The Hall–Kier alpha value is -2.46. The van der Waals surface area contributed by atoms with E-state index in [1.54, 1.807) is 0 Å². The maximum atomic E-state index is 12.4. The topological polar surface area (TPSA) is 0 Å². The molecule has 2 aromatic rings. The Morgan fingerprint density at radius 2 is 0.870 bits per heavy atom. The Labute approximate surface area is 128 Å². The highest BCUT2D eigenvalue weighted by atomic mass is 19.4. The van der Waals surface area contributed by atoms with E-state index in [0.29, 0.717) is 11.1 Å². The minimum atomic E-state index is -4.39. The van der Waals surface area contributed by atoms with Crippen LogP contribution in [0.3, 0.4) is 0 Å². The zero-order chi connectivity index (χ0) is 17.1. The number of alkyl halides is 6. The zero-order valence-electron chi connectivity index (χ0n) is 11.5. The van der Waals surface area contributed by atoms with Crippen LogP contribution in [0.2, 0.25) is 0 Å². The number of benzene rings is 2. The Morgan fingerprint density at radius 3 is 1.13 bits per heavy atom. The van der Waals surface area contributed by atoms with Crippen LogP contribution in [0.15, 0.2) is 54.3 Å². The molecule has 0 N–H and O–H groups in total. The number of hydrogen-bond donors (Lipinski definition) is 0. The SMILES string of the molecule is FC(F)(F)c1ccc(C=C=Cc2ccc(C(F)(F)F)cc2)cc1. The first-order valence-corrected chi connectivity index (χ1v) is 6.43. The first kappa shape index (κ1) is 16.9. The Balaban J connectivity index is 2.12. The molecule has 0 aliphatic rings. The van der Waals surface area contributed by atoms with Gasteiger partial charge in [0, 0.05) is 0 Å². The molecule has 2 rings (SSSR count). The largest absolute Gasteiger partial charge is 0.416 e. The maximum absolute atomic E-state index is 12.4. The van der Waals surface area contributed by atoms with E-state index >= 15 is 0 Å². The van der Waals surface area contributed by atoms with Crippen molar-refractivity contribution in [3.8, 4) is 0 Å². The number of halogens is 6. The Morgan fingerprint density at radius 1 is 0.565 bits per heavy atom. The molecule has 2 aromatic carbocycles. The van der Waals surface area contributed by atoms with Gasteiger partial charge in [-0.15, -0.1) is 5.73 Å². The van der Waals surface area contributed by atoms with E-state index in [1.165, 1.54) is 36.4 Å². The summed E-state index contributed by atoms with van der Waals surface area (Å²) in [7, 11) is 0. The second kappa shape index (κ2) is 6.34. The quantitative estimate of drug-likeness (QED) is 0.465. The summed E-state index contributed by atoms with van der Waals surface area (Å²) in [6.07, 6.45) is -5.90. The summed E-state index contributed by atoms with van der Waals surface area (Å²) in [5, 5.41) is 0. The van der Waals surface area contributed by atoms with Crippen LogP contribution in [-0.2, 0) is 12.4 Å². The van der Waals surface area contributed by atoms with Crippen LogP contribution in [0, 0.1) is 0 Å². The van der Waals surface area contributed by atoms with Gasteiger partial charge in [0.25, 0.3) is 0 Å². The third kappa shape index (κ3) is 4.76. The highest BCUT2D eigenvalue weighted by molar-refractivity contribution is 5.58. The maximum Gasteiger partial charge on any atom is 0.416 e. The van der Waals surface area contributed by atoms with Crippen molar-refractivity contribution >= 4 is 12.2 Å². The van der Waals surface area contributed by atoms with Gasteiger partial charge in [-0.2, -0.15) is 26.3 Å². The lowest BCUT2D eigenvalue weighted by Crippen LogP contribution is -2.03. The molecule has 0 radical (unpaired) electrons. The van der Waals surface area contributed by atoms with Crippen molar-refractivity contribution in [3.63, 3.8) is 0 Å². The molecule has 0 saturated heterocycles. The molecule has 0 unspecified atom stereocenters. The van der Waals surface area contributed by atoms with E-state index in [-0.39, 0.29) is 0 Å². The summed E-state index contributed by atoms with van der Waals surface area (Å²) in [4.78, 5) is 0. The highest BCUT2D eigenvalue weighted by Crippen LogP contribution is 2.30. The van der Waals surface area contributed by atoms with Gasteiger partial charge < -0.3 is 0 Å². The van der Waals surface area contributed by atoms with Gasteiger partial charge in [0.1, 0.15) is 0 Å². The molecule has 0 amide bonds. The molecule has 0 bridgehead atoms. The molecule has 0 spiro atoms. The lowest BCUT2D eigenvalue weighted by molar-refractivity contribution is -0.138. The molecular formula is C17H10F6. The van der Waals surface area contributed by atoms with Crippen molar-refractivity contribution in [1.29, 1.82) is 0 Å². The molecule has 0 aliphatic heterocycles. The second-order valence-corrected chi connectivity index (χ2v) is 4.69. The highest BCUT2D eigenvalue weighted by Gasteiger charge is 2.30. The van der Waals surface area contributed by atoms with Crippen LogP contribution in [0.25, 0.3) is 12.2 Å². The molecule has 0 aromatic heterocycles. The minimum absolute atomic E-state index is 0.501. The second-order valence-electron chi connectivity index (χ2n) is 4.69. The Bertz CT molecular complexity index is 650. The zero-order valence-corrected chi connectivity index (χ0v) is 11.5. The van der Waals surface area contributed by atoms with Crippen molar-refractivity contribution in [2.45, 2.75) is 12.4 Å². The van der Waals surface area contributed by atoms with Crippen molar-refractivity contribution in [2.24, 2.45) is 0 Å². The average Bonchev–Trinajstić information content (AvgIpc) is 2.46. The van der Waals surface area contributed by atoms with Crippen molar-refractivity contribution < 1.29 is 26.3 Å². The summed E-state index contributed by atoms with van der Waals surface area (Å²) < 4.78 is 74.4. The lowest BCUT2D eigenvalue weighted by Gasteiger charge is -2.05. The van der Waals surface area contributed by atoms with Crippen LogP contribution in [0.5, 0.6) is 0 Å². The molecule has 0 aliphatic carbocycles. The molecule has 0 atom stereocenters. The third-order valence-electron chi connectivity index (χ3n) is 2.98. The fourth-order valence-electron chi connectivity index (χ4n) is 1.77. The van der Waals surface area contributed by atoms with Crippen molar-refractivity contribution in [2.75, 3.05) is 0 Å². The molecule has 0 nitrogen and oxygen atoms in total. The molecule has 0 heterocycles. The Kier molecular flexibility index (Phi) is 4.66. The summed E-state index contributed by atoms with van der Waals surface area (Å²) in [5.41, 5.74) is 2.23. The fraction of sp³-hybridized carbons (Fsp3) is 0.118. The van der Waals surface area contributed by atoms with E-state index in [1.807, 2.05) is 0 Å². The van der Waals surface area contributed by atoms with Crippen LogP contribution >= 0.6 is 0 Å². The molecule has 120 valence electrons. The van der Waals surface area contributed by atoms with Crippen LogP contribution in [0.4, 0.5) is 26.3 Å². The standard InChI is InChI=1S/C17H10F6/c18-16(19,20)14-8-4-12(5-9-14)2-1-3-13-6-10-15(11-7-13)17(21,22)23/h2-11H. The van der Waals surface area contributed by atoms with Gasteiger partial charge in [-0.25, -0.2) is 0 Å². The third-order valence-corrected chi connectivity index (χ3v) is 2.98. The summed E-state index contributed by atoms with van der Waals surface area (Å²) in [6.45, 7) is 0. The lowest BCUT2D eigenvalue weighted by atomic mass is 10.1. The average molecular weight is 328 g/mol. The van der Waals surface area contributed by atoms with E-state index in [9.17, 15) is 26.3 Å². The number of hydrogen-bond acceptors (Lipinski definition) is 0. The van der Waals surface area contributed by atoms with Crippen molar-refractivity contribution in [1.82, 2.24) is 0 Å². The fourth-order valence-corrected chi connectivity index (χ4v) is 1.77. The van der Waals surface area contributed by atoms with Gasteiger partial charge in [-0.05, 0) is 47.5 Å². The normalized spacial score (nSPS) is 11.7. The smallest absolute Gasteiger partial charge is 0.166 e. The minimum Gasteiger partial charge on any atom is -0.166 e. The van der Waals surface area contributed by atoms with Crippen LogP contribution < -0.4 is 0 Å². The first-order valence-electron chi connectivity index (χ1n) is 6.43. The summed E-state index contributed by atoms with van der Waals surface area (Å²) in [5.74, 6) is 0. The van der Waals surface area contributed by atoms with Gasteiger partial charge in [0.15, 0.2) is 0 Å². The molecule has 0 saturated carbocycles. The number of rotatable bonds is 2. The van der Waals surface area contributed by atoms with Gasteiger partial charge in [-0.3, -0.25) is 0 Å². The molecule has 0 fully saturated rings. The van der Waals surface area contributed by atoms with Gasteiger partial charge in [0.2, 0.25) is 0 Å². The molecular weight excluding hydrogens is 318 g/mol. The van der Waals surface area contributed by atoms with Crippen LogP contribution in [0.1, 0.15) is 22.3 Å². The van der Waals surface area contributed by atoms with Gasteiger partial charge in [-0.1, -0.05) is 24.3 Å². The van der Waals surface area contributed by atoms with E-state index in [0.717, 1.165) is 24.3 Å². The van der Waals surface area contributed by atoms with Gasteiger partial charge in [0.05, 0.1) is 11.1 Å². The summed E-state index contributed by atoms with van der Waals surface area (Å²) in [6, 6.07) is 8.95. The monoisotopic (exact) mass is 328 g/mol. The molecule has 6 heteroatoms. The first-order chi connectivity index (χ1) is 10.7. The summed E-state index contributed by atoms with van der Waals surface area (Å²) >= 11 is 0. The predicted molar refractivity (Wildman–Crippen MR) is 75.3 cm³/mol. The van der Waals surface area contributed by atoms with E-state index in [2.05, 4.69) is 5.73 Å². The molecule has 23 heavy (non-hydrogen) atoms. The van der Waals surface area contributed by atoms with E-state index < -0.39 is 23.5 Å². The van der Waals surface area contributed by atoms with E-state index in [4.69, 9.17) is 0 Å². The van der Waals surface area contributed by atoms with Crippen molar-refractivity contribution in [3.05, 3.63) is 76.5 Å². The van der Waals surface area contributed by atoms with Gasteiger partial charge >= 0.3 is 12.4 Å². The van der Waals surface area contributed by atoms with Crippen LogP contribution in [-0.4, -0.2) is 0 Å².